The van der Waals surface area contributed by atoms with Gasteiger partial charge in [-0.25, -0.2) is 4.79 Å². The van der Waals surface area contributed by atoms with Gasteiger partial charge in [0.1, 0.15) is 17.8 Å². The van der Waals surface area contributed by atoms with Gasteiger partial charge in [0.2, 0.25) is 5.91 Å². The summed E-state index contributed by atoms with van der Waals surface area (Å²) in [6.07, 6.45) is 0. The van der Waals surface area contributed by atoms with Gasteiger partial charge in [0.05, 0.1) is 0 Å². The quantitative estimate of drug-likeness (QED) is 0.706. The summed E-state index contributed by atoms with van der Waals surface area (Å²) in [5.41, 5.74) is 1.45. The number of amides is 4. The second-order valence-corrected chi connectivity index (χ2v) is 7.27. The van der Waals surface area contributed by atoms with Crippen molar-refractivity contribution in [2.75, 3.05) is 11.9 Å². The Hall–Kier alpha value is -3.49. The smallest absolute Gasteiger partial charge is 0.387 e. The number of alkyl halides is 2. The minimum absolute atomic E-state index is 0.0706. The Balaban J connectivity index is 1.72. The number of nitrogens with zero attached hydrogens (tertiary/aromatic N) is 1. The van der Waals surface area contributed by atoms with Crippen LogP contribution in [0.3, 0.4) is 0 Å². The molecular formula is C21H21F2N3O4. The lowest BCUT2D eigenvalue weighted by molar-refractivity contribution is -0.133. The first kappa shape index (κ1) is 21.2. The number of nitrogens with one attached hydrogen (secondary N) is 2. The number of carbonyl (C=O) groups excluding carboxylic acids is 3. The molecular weight excluding hydrogens is 396 g/mol. The van der Waals surface area contributed by atoms with Crippen molar-refractivity contribution in [1.82, 2.24) is 10.2 Å². The van der Waals surface area contributed by atoms with Crippen molar-refractivity contribution in [3.8, 4) is 5.75 Å². The second kappa shape index (κ2) is 8.10. The van der Waals surface area contributed by atoms with Gasteiger partial charge >= 0.3 is 12.6 Å². The highest BCUT2D eigenvalue weighted by atomic mass is 19.3. The van der Waals surface area contributed by atoms with E-state index in [1.165, 1.54) is 31.2 Å². The predicted molar refractivity (Wildman–Crippen MR) is 105 cm³/mol. The summed E-state index contributed by atoms with van der Waals surface area (Å²) < 4.78 is 28.9. The van der Waals surface area contributed by atoms with Crippen molar-refractivity contribution in [2.24, 2.45) is 0 Å². The molecule has 0 bridgehead atoms. The Morgan fingerprint density at radius 1 is 1.13 bits per heavy atom. The van der Waals surface area contributed by atoms with Gasteiger partial charge < -0.3 is 15.4 Å². The second-order valence-electron chi connectivity index (χ2n) is 7.27. The van der Waals surface area contributed by atoms with Gasteiger partial charge in [0.15, 0.2) is 0 Å². The lowest BCUT2D eigenvalue weighted by Gasteiger charge is -2.22. The van der Waals surface area contributed by atoms with E-state index in [1.54, 1.807) is 12.1 Å². The van der Waals surface area contributed by atoms with E-state index in [2.05, 4.69) is 15.4 Å². The molecule has 0 aromatic heterocycles. The Kier molecular flexibility index (Phi) is 5.73. The molecule has 0 unspecified atom stereocenters. The number of carbonyl (C=O) groups is 3. The molecule has 2 N–H and O–H groups in total. The number of benzene rings is 2. The zero-order valence-corrected chi connectivity index (χ0v) is 16.7. The molecule has 2 aromatic carbocycles. The highest BCUT2D eigenvalue weighted by Gasteiger charge is 2.49. The monoisotopic (exact) mass is 417 g/mol. The molecule has 1 heterocycles. The number of urea groups is 1. The minimum Gasteiger partial charge on any atom is -0.435 e. The third kappa shape index (κ3) is 4.40. The molecule has 1 atom stereocenters. The molecule has 0 spiro atoms. The van der Waals surface area contributed by atoms with Crippen LogP contribution >= 0.6 is 0 Å². The van der Waals surface area contributed by atoms with E-state index in [0.29, 0.717) is 11.3 Å². The summed E-state index contributed by atoms with van der Waals surface area (Å²) in [6, 6.07) is 10.2. The molecule has 1 saturated heterocycles. The normalized spacial score (nSPS) is 18.5. The number of imide groups is 1. The Morgan fingerprint density at radius 3 is 2.30 bits per heavy atom. The van der Waals surface area contributed by atoms with Gasteiger partial charge in [0.25, 0.3) is 5.91 Å². The van der Waals surface area contributed by atoms with Gasteiger partial charge in [-0.2, -0.15) is 8.78 Å². The number of halogens is 2. The maximum absolute atomic E-state index is 12.9. The van der Waals surface area contributed by atoms with Crippen molar-refractivity contribution >= 4 is 23.5 Å². The summed E-state index contributed by atoms with van der Waals surface area (Å²) in [6.45, 7) is 1.84. The molecule has 4 amide bonds. The number of ether oxygens (including phenoxy) is 1. The van der Waals surface area contributed by atoms with Gasteiger partial charge in [-0.3, -0.25) is 14.5 Å². The number of hydrogen-bond donors (Lipinski definition) is 2. The molecule has 0 aliphatic carbocycles. The van der Waals surface area contributed by atoms with Crippen molar-refractivity contribution in [2.45, 2.75) is 32.9 Å². The average Bonchev–Trinajstić information content (AvgIpc) is 2.85. The first-order valence-corrected chi connectivity index (χ1v) is 9.16. The van der Waals surface area contributed by atoms with Crippen LogP contribution < -0.4 is 15.4 Å². The summed E-state index contributed by atoms with van der Waals surface area (Å²) >= 11 is 0. The zero-order valence-electron chi connectivity index (χ0n) is 16.7. The third-order valence-electron chi connectivity index (χ3n) is 4.74. The standard InChI is InChI=1S/C21H21F2N3O4/c1-12-8-13(2)10-15(9-12)24-17(27)11-26-18(28)21(3,25-20(26)29)14-4-6-16(7-5-14)30-19(22)23/h4-10,19H,11H2,1-3H3,(H,24,27)(H,25,29)/t21-/m1/s1. The molecule has 2 aromatic rings. The van der Waals surface area contributed by atoms with Gasteiger partial charge in [-0.05, 0) is 61.7 Å². The Morgan fingerprint density at radius 2 is 1.73 bits per heavy atom. The van der Waals surface area contributed by atoms with Gasteiger partial charge in [-0.1, -0.05) is 18.2 Å². The van der Waals surface area contributed by atoms with Crippen molar-refractivity contribution < 1.29 is 27.9 Å². The lowest BCUT2D eigenvalue weighted by Crippen LogP contribution is -2.42. The number of anilines is 1. The molecule has 7 nitrogen and oxygen atoms in total. The maximum atomic E-state index is 12.9. The number of aryl methyl sites for hydroxylation is 2. The van der Waals surface area contributed by atoms with E-state index in [1.807, 2.05) is 19.9 Å². The van der Waals surface area contributed by atoms with Gasteiger partial charge in [0, 0.05) is 5.69 Å². The fourth-order valence-corrected chi connectivity index (χ4v) is 3.40. The predicted octanol–water partition coefficient (Wildman–Crippen LogP) is 3.31. The van der Waals surface area contributed by atoms with Crippen LogP contribution in [0, 0.1) is 13.8 Å². The SMILES string of the molecule is Cc1cc(C)cc(NC(=O)CN2C(=O)N[C@](C)(c3ccc(OC(F)F)cc3)C2=O)c1. The summed E-state index contributed by atoms with van der Waals surface area (Å²) in [7, 11) is 0. The van der Waals surface area contributed by atoms with Crippen molar-refractivity contribution in [3.63, 3.8) is 0 Å². The van der Waals surface area contributed by atoms with Crippen molar-refractivity contribution in [3.05, 3.63) is 59.2 Å². The lowest BCUT2D eigenvalue weighted by atomic mass is 9.92. The van der Waals surface area contributed by atoms with Crippen LogP contribution in [0.25, 0.3) is 0 Å². The first-order valence-electron chi connectivity index (χ1n) is 9.16. The molecule has 0 radical (unpaired) electrons. The highest BCUT2D eigenvalue weighted by Crippen LogP contribution is 2.30. The van der Waals surface area contributed by atoms with E-state index >= 15 is 0 Å². The summed E-state index contributed by atoms with van der Waals surface area (Å²) in [4.78, 5) is 38.5. The Labute approximate surface area is 172 Å². The average molecular weight is 417 g/mol. The highest BCUT2D eigenvalue weighted by molar-refractivity contribution is 6.10. The van der Waals surface area contributed by atoms with Crippen LogP contribution in [0.5, 0.6) is 5.75 Å². The molecule has 9 heteroatoms. The van der Waals surface area contributed by atoms with Crippen LogP contribution in [-0.2, 0) is 15.1 Å². The maximum Gasteiger partial charge on any atom is 0.387 e. The van der Waals surface area contributed by atoms with Crippen LogP contribution in [0.2, 0.25) is 0 Å². The molecule has 158 valence electrons. The van der Waals surface area contributed by atoms with Gasteiger partial charge in [-0.15, -0.1) is 0 Å². The van der Waals surface area contributed by atoms with E-state index in [-0.39, 0.29) is 5.75 Å². The third-order valence-corrected chi connectivity index (χ3v) is 4.74. The fraction of sp³-hybridized carbons (Fsp3) is 0.286. The Bertz CT molecular complexity index is 974. The largest absolute Gasteiger partial charge is 0.435 e. The topological polar surface area (TPSA) is 87.7 Å². The van der Waals surface area contributed by atoms with E-state index in [0.717, 1.165) is 16.0 Å². The summed E-state index contributed by atoms with van der Waals surface area (Å²) in [5, 5.41) is 5.25. The first-order chi connectivity index (χ1) is 14.1. The summed E-state index contributed by atoms with van der Waals surface area (Å²) in [5.74, 6) is -1.21. The molecule has 1 aliphatic heterocycles. The molecule has 1 fully saturated rings. The number of rotatable bonds is 6. The molecule has 3 rings (SSSR count). The fourth-order valence-electron chi connectivity index (χ4n) is 3.40. The minimum atomic E-state index is -2.97. The molecule has 30 heavy (non-hydrogen) atoms. The van der Waals surface area contributed by atoms with E-state index < -0.39 is 36.5 Å². The zero-order chi connectivity index (χ0) is 22.1. The van der Waals surface area contributed by atoms with Crippen LogP contribution in [0.15, 0.2) is 42.5 Å². The molecule has 1 aliphatic rings. The number of hydrogen-bond acceptors (Lipinski definition) is 4. The van der Waals surface area contributed by atoms with Crippen LogP contribution in [0.1, 0.15) is 23.6 Å². The van der Waals surface area contributed by atoms with Crippen LogP contribution in [-0.4, -0.2) is 35.9 Å². The van der Waals surface area contributed by atoms with E-state index in [9.17, 15) is 23.2 Å². The van der Waals surface area contributed by atoms with E-state index in [4.69, 9.17) is 0 Å². The van der Waals surface area contributed by atoms with Crippen LogP contribution in [0.4, 0.5) is 19.3 Å². The van der Waals surface area contributed by atoms with Crippen molar-refractivity contribution in [1.29, 1.82) is 0 Å². The molecule has 0 saturated carbocycles.